The second kappa shape index (κ2) is 6.16. The van der Waals surface area contributed by atoms with Gasteiger partial charge in [0.15, 0.2) is 0 Å². The lowest BCUT2D eigenvalue weighted by Crippen LogP contribution is -2.09. The Morgan fingerprint density at radius 3 is 2.56 bits per heavy atom. The van der Waals surface area contributed by atoms with Crippen molar-refractivity contribution in [3.05, 3.63) is 53.3 Å². The van der Waals surface area contributed by atoms with Gasteiger partial charge >= 0.3 is 0 Å². The molecule has 0 amide bonds. The quantitative estimate of drug-likeness (QED) is 0.725. The molecule has 0 fully saturated rings. The molecule has 0 spiro atoms. The number of fused-ring (bicyclic) bond motifs is 1. The molecular formula is C15H21N. The Kier molecular flexibility index (Phi) is 4.84. The maximum Gasteiger partial charge on any atom is 0.0420 e. The minimum absolute atomic E-state index is 1.06. The van der Waals surface area contributed by atoms with E-state index in [4.69, 9.17) is 0 Å². The van der Waals surface area contributed by atoms with Crippen LogP contribution < -0.4 is 5.32 Å². The van der Waals surface area contributed by atoms with E-state index in [2.05, 4.69) is 48.7 Å². The van der Waals surface area contributed by atoms with Crippen LogP contribution in [0, 0.1) is 0 Å². The van der Waals surface area contributed by atoms with Crippen LogP contribution >= 0.6 is 0 Å². The number of hydrogen-bond acceptors (Lipinski definition) is 1. The standard InChI is InChI=1S/C13H15N.C2H6/c1-3-6-12-10(2)9-11-7-4-5-8-13(11)14-12;1-2/h3-8,14H,9H2,1-2H3;1-2H3/b6-3-;. The van der Waals surface area contributed by atoms with Crippen LogP contribution in [0.1, 0.15) is 33.3 Å². The number of nitrogens with one attached hydrogen (secondary N) is 1. The van der Waals surface area contributed by atoms with Gasteiger partial charge in [-0.1, -0.05) is 38.1 Å². The predicted octanol–water partition coefficient (Wildman–Crippen LogP) is 4.53. The molecule has 0 atom stereocenters. The van der Waals surface area contributed by atoms with E-state index in [0.29, 0.717) is 0 Å². The Balaban J connectivity index is 0.000000606. The minimum atomic E-state index is 1.06. The van der Waals surface area contributed by atoms with Crippen LogP contribution in [0.25, 0.3) is 0 Å². The lowest BCUT2D eigenvalue weighted by Gasteiger charge is -2.21. The number of para-hydroxylation sites is 1. The maximum atomic E-state index is 3.44. The highest BCUT2D eigenvalue weighted by Crippen LogP contribution is 2.27. The van der Waals surface area contributed by atoms with Gasteiger partial charge in [-0.15, -0.1) is 0 Å². The summed E-state index contributed by atoms with van der Waals surface area (Å²) in [4.78, 5) is 0. The largest absolute Gasteiger partial charge is 0.355 e. The summed E-state index contributed by atoms with van der Waals surface area (Å²) in [5, 5.41) is 3.44. The van der Waals surface area contributed by atoms with E-state index < -0.39 is 0 Å². The molecule has 0 aromatic heterocycles. The van der Waals surface area contributed by atoms with Crippen LogP contribution in [-0.2, 0) is 6.42 Å². The number of anilines is 1. The van der Waals surface area contributed by atoms with Crippen LogP contribution in [0.5, 0.6) is 0 Å². The zero-order valence-electron chi connectivity index (χ0n) is 10.7. The summed E-state index contributed by atoms with van der Waals surface area (Å²) in [6, 6.07) is 8.47. The first-order valence-electron chi connectivity index (χ1n) is 5.98. The lowest BCUT2D eigenvalue weighted by molar-refractivity contribution is 1.08. The maximum absolute atomic E-state index is 3.44. The van der Waals surface area contributed by atoms with Gasteiger partial charge in [-0.2, -0.15) is 0 Å². The topological polar surface area (TPSA) is 12.0 Å². The first kappa shape index (κ1) is 12.6. The molecule has 0 aliphatic carbocycles. The lowest BCUT2D eigenvalue weighted by atomic mass is 9.98. The van der Waals surface area contributed by atoms with Crippen molar-refractivity contribution in [1.82, 2.24) is 0 Å². The van der Waals surface area contributed by atoms with Gasteiger partial charge in [0.1, 0.15) is 0 Å². The van der Waals surface area contributed by atoms with E-state index in [1.807, 2.05) is 20.8 Å². The van der Waals surface area contributed by atoms with Gasteiger partial charge in [0.2, 0.25) is 0 Å². The van der Waals surface area contributed by atoms with Crippen molar-refractivity contribution >= 4 is 5.69 Å². The fraction of sp³-hybridized carbons (Fsp3) is 0.333. The van der Waals surface area contributed by atoms with Gasteiger partial charge in [0.05, 0.1) is 0 Å². The van der Waals surface area contributed by atoms with E-state index in [-0.39, 0.29) is 0 Å². The summed E-state index contributed by atoms with van der Waals surface area (Å²) < 4.78 is 0. The molecule has 0 bridgehead atoms. The molecule has 86 valence electrons. The first-order valence-corrected chi connectivity index (χ1v) is 5.98. The molecule has 1 N–H and O–H groups in total. The summed E-state index contributed by atoms with van der Waals surface area (Å²) in [6.45, 7) is 8.22. The molecule has 1 heteroatoms. The van der Waals surface area contributed by atoms with Crippen molar-refractivity contribution in [2.75, 3.05) is 5.32 Å². The summed E-state index contributed by atoms with van der Waals surface area (Å²) in [6.07, 6.45) is 5.26. The molecular weight excluding hydrogens is 194 g/mol. The summed E-state index contributed by atoms with van der Waals surface area (Å²) in [5.74, 6) is 0. The van der Waals surface area contributed by atoms with Gasteiger partial charge in [0, 0.05) is 11.4 Å². The fourth-order valence-electron chi connectivity index (χ4n) is 1.78. The third-order valence-corrected chi connectivity index (χ3v) is 2.54. The average Bonchev–Trinajstić information content (AvgIpc) is 2.33. The third kappa shape index (κ3) is 2.75. The van der Waals surface area contributed by atoms with Crippen molar-refractivity contribution in [3.63, 3.8) is 0 Å². The van der Waals surface area contributed by atoms with Crippen molar-refractivity contribution in [2.24, 2.45) is 0 Å². The normalized spacial score (nSPS) is 14.0. The van der Waals surface area contributed by atoms with Crippen LogP contribution in [0.4, 0.5) is 5.69 Å². The monoisotopic (exact) mass is 215 g/mol. The van der Waals surface area contributed by atoms with Crippen molar-refractivity contribution in [3.8, 4) is 0 Å². The second-order valence-corrected chi connectivity index (χ2v) is 3.65. The molecule has 16 heavy (non-hydrogen) atoms. The number of rotatable bonds is 1. The zero-order chi connectivity index (χ0) is 12.0. The van der Waals surface area contributed by atoms with Gasteiger partial charge in [-0.05, 0) is 43.5 Å². The molecule has 1 aromatic rings. The SMILES string of the molecule is C/C=C\C1=C(C)Cc2ccccc2N1.CC. The molecule has 1 heterocycles. The summed E-state index contributed by atoms with van der Waals surface area (Å²) in [7, 11) is 0. The molecule has 0 radical (unpaired) electrons. The molecule has 0 saturated carbocycles. The van der Waals surface area contributed by atoms with Crippen LogP contribution in [0.2, 0.25) is 0 Å². The second-order valence-electron chi connectivity index (χ2n) is 3.65. The van der Waals surface area contributed by atoms with E-state index in [1.54, 1.807) is 0 Å². The number of allylic oxidation sites excluding steroid dienone is 3. The summed E-state index contributed by atoms with van der Waals surface area (Å²) in [5.41, 5.74) is 5.28. The van der Waals surface area contributed by atoms with Crippen LogP contribution in [0.3, 0.4) is 0 Å². The number of hydrogen-bond donors (Lipinski definition) is 1. The molecule has 1 aliphatic heterocycles. The van der Waals surface area contributed by atoms with Gasteiger partial charge in [-0.3, -0.25) is 0 Å². The first-order chi connectivity index (χ1) is 7.81. The Hall–Kier alpha value is -1.50. The van der Waals surface area contributed by atoms with E-state index in [1.165, 1.54) is 22.5 Å². The summed E-state index contributed by atoms with van der Waals surface area (Å²) >= 11 is 0. The minimum Gasteiger partial charge on any atom is -0.355 e. The zero-order valence-corrected chi connectivity index (χ0v) is 10.7. The van der Waals surface area contributed by atoms with Crippen molar-refractivity contribution in [1.29, 1.82) is 0 Å². The highest BCUT2D eigenvalue weighted by molar-refractivity contribution is 5.61. The molecule has 1 nitrogen and oxygen atoms in total. The Labute approximate surface area is 98.9 Å². The Morgan fingerprint density at radius 2 is 1.88 bits per heavy atom. The van der Waals surface area contributed by atoms with Gasteiger partial charge in [-0.25, -0.2) is 0 Å². The van der Waals surface area contributed by atoms with E-state index >= 15 is 0 Å². The van der Waals surface area contributed by atoms with E-state index in [0.717, 1.165) is 6.42 Å². The average molecular weight is 215 g/mol. The number of benzene rings is 1. The highest BCUT2D eigenvalue weighted by atomic mass is 14.9. The molecule has 0 saturated heterocycles. The predicted molar refractivity (Wildman–Crippen MR) is 72.6 cm³/mol. The Bertz CT molecular complexity index is 400. The molecule has 2 rings (SSSR count). The molecule has 1 aliphatic rings. The van der Waals surface area contributed by atoms with Crippen LogP contribution in [-0.4, -0.2) is 0 Å². The Morgan fingerprint density at radius 1 is 1.19 bits per heavy atom. The highest BCUT2D eigenvalue weighted by Gasteiger charge is 2.11. The van der Waals surface area contributed by atoms with Gasteiger partial charge in [0.25, 0.3) is 0 Å². The fourth-order valence-corrected chi connectivity index (χ4v) is 1.78. The van der Waals surface area contributed by atoms with Crippen molar-refractivity contribution < 1.29 is 0 Å². The smallest absolute Gasteiger partial charge is 0.0420 e. The molecule has 1 aromatic carbocycles. The van der Waals surface area contributed by atoms with Crippen LogP contribution in [0.15, 0.2) is 47.7 Å². The van der Waals surface area contributed by atoms with Crippen molar-refractivity contribution in [2.45, 2.75) is 34.1 Å². The third-order valence-electron chi connectivity index (χ3n) is 2.54. The van der Waals surface area contributed by atoms with Gasteiger partial charge < -0.3 is 5.32 Å². The van der Waals surface area contributed by atoms with E-state index in [9.17, 15) is 0 Å². The molecule has 0 unspecified atom stereocenters.